The molecule has 0 fully saturated rings. The number of hydrogen-bond donors (Lipinski definition) is 0. The highest BCUT2D eigenvalue weighted by atomic mass is 35.5. The van der Waals surface area contributed by atoms with Gasteiger partial charge in [0.1, 0.15) is 11.6 Å². The first-order valence-corrected chi connectivity index (χ1v) is 7.42. The molecule has 4 heteroatoms. The second kappa shape index (κ2) is 5.57. The molecule has 1 aromatic heterocycles. The summed E-state index contributed by atoms with van der Waals surface area (Å²) in [6, 6.07) is 6.53. The van der Waals surface area contributed by atoms with E-state index in [1.807, 2.05) is 0 Å². The zero-order chi connectivity index (χ0) is 14.9. The zero-order valence-corrected chi connectivity index (χ0v) is 13.6. The SMILES string of the molecule is Cc1ccc(Cc2nnc(CCl)n2C(C)(C)C)cc1C. The molecular formula is C16H22ClN3. The lowest BCUT2D eigenvalue weighted by Gasteiger charge is -2.24. The van der Waals surface area contributed by atoms with E-state index in [-0.39, 0.29) is 5.54 Å². The number of rotatable bonds is 3. The molecule has 0 unspecified atom stereocenters. The van der Waals surface area contributed by atoms with E-state index in [9.17, 15) is 0 Å². The number of hydrogen-bond acceptors (Lipinski definition) is 2. The number of benzene rings is 1. The van der Waals surface area contributed by atoms with Gasteiger partial charge in [-0.25, -0.2) is 0 Å². The van der Waals surface area contributed by atoms with Gasteiger partial charge < -0.3 is 4.57 Å². The van der Waals surface area contributed by atoms with Crippen molar-refractivity contribution in [3.63, 3.8) is 0 Å². The first kappa shape index (κ1) is 15.0. The van der Waals surface area contributed by atoms with Crippen LogP contribution in [-0.2, 0) is 17.8 Å². The van der Waals surface area contributed by atoms with Crippen LogP contribution in [0.25, 0.3) is 0 Å². The Kier molecular flexibility index (Phi) is 4.19. The molecule has 108 valence electrons. The third-order valence-corrected chi connectivity index (χ3v) is 3.76. The molecule has 0 saturated heterocycles. The van der Waals surface area contributed by atoms with Crippen LogP contribution >= 0.6 is 11.6 Å². The molecule has 0 spiro atoms. The molecule has 0 bridgehead atoms. The molecule has 0 saturated carbocycles. The summed E-state index contributed by atoms with van der Waals surface area (Å²) in [5.41, 5.74) is 3.81. The first-order valence-electron chi connectivity index (χ1n) is 6.88. The maximum atomic E-state index is 5.98. The van der Waals surface area contributed by atoms with Crippen molar-refractivity contribution in [2.45, 2.75) is 52.5 Å². The van der Waals surface area contributed by atoms with E-state index in [4.69, 9.17) is 11.6 Å². The Bertz CT molecular complexity index is 609. The molecule has 3 nitrogen and oxygen atoms in total. The van der Waals surface area contributed by atoms with Crippen molar-refractivity contribution in [2.24, 2.45) is 0 Å². The third kappa shape index (κ3) is 3.04. The quantitative estimate of drug-likeness (QED) is 0.801. The minimum atomic E-state index is -0.0667. The van der Waals surface area contributed by atoms with Crippen LogP contribution in [0.2, 0.25) is 0 Å². The molecule has 0 atom stereocenters. The Morgan fingerprint density at radius 3 is 2.25 bits per heavy atom. The maximum absolute atomic E-state index is 5.98. The summed E-state index contributed by atoms with van der Waals surface area (Å²) in [6.07, 6.45) is 0.780. The van der Waals surface area contributed by atoms with E-state index in [1.54, 1.807) is 0 Å². The van der Waals surface area contributed by atoms with Crippen LogP contribution in [0.5, 0.6) is 0 Å². The van der Waals surface area contributed by atoms with Crippen LogP contribution < -0.4 is 0 Å². The molecule has 0 aliphatic heterocycles. The third-order valence-electron chi connectivity index (χ3n) is 3.52. The lowest BCUT2D eigenvalue weighted by Crippen LogP contribution is -2.26. The second-order valence-electron chi connectivity index (χ2n) is 6.27. The summed E-state index contributed by atoms with van der Waals surface area (Å²) in [5.74, 6) is 2.19. The molecular weight excluding hydrogens is 270 g/mol. The Balaban J connectivity index is 2.38. The summed E-state index contributed by atoms with van der Waals surface area (Å²) < 4.78 is 2.15. The summed E-state index contributed by atoms with van der Waals surface area (Å²) in [7, 11) is 0. The van der Waals surface area contributed by atoms with Crippen LogP contribution in [0.15, 0.2) is 18.2 Å². The van der Waals surface area contributed by atoms with Gasteiger partial charge in [-0.2, -0.15) is 0 Å². The number of halogens is 1. The predicted molar refractivity (Wildman–Crippen MR) is 83.3 cm³/mol. The van der Waals surface area contributed by atoms with Crippen molar-refractivity contribution < 1.29 is 0 Å². The van der Waals surface area contributed by atoms with Crippen molar-refractivity contribution in [2.75, 3.05) is 0 Å². The molecule has 0 amide bonds. The molecule has 2 rings (SSSR count). The molecule has 0 N–H and O–H groups in total. The molecule has 20 heavy (non-hydrogen) atoms. The smallest absolute Gasteiger partial charge is 0.148 e. The topological polar surface area (TPSA) is 30.7 Å². The standard InChI is InChI=1S/C16H22ClN3/c1-11-6-7-13(8-12(11)2)9-14-18-19-15(10-17)20(14)16(3,4)5/h6-8H,9-10H2,1-5H3. The molecule has 0 radical (unpaired) electrons. The van der Waals surface area contributed by atoms with Crippen LogP contribution in [0.1, 0.15) is 49.1 Å². The van der Waals surface area contributed by atoms with Gasteiger partial charge in [0.05, 0.1) is 5.88 Å². The zero-order valence-electron chi connectivity index (χ0n) is 12.9. The number of aromatic nitrogens is 3. The van der Waals surface area contributed by atoms with Crippen molar-refractivity contribution in [1.29, 1.82) is 0 Å². The van der Waals surface area contributed by atoms with Gasteiger partial charge in [0, 0.05) is 12.0 Å². The van der Waals surface area contributed by atoms with E-state index in [1.165, 1.54) is 16.7 Å². The molecule has 0 aliphatic carbocycles. The Hall–Kier alpha value is -1.35. The monoisotopic (exact) mass is 291 g/mol. The van der Waals surface area contributed by atoms with Gasteiger partial charge in [0.15, 0.2) is 0 Å². The van der Waals surface area contributed by atoms with Gasteiger partial charge in [-0.15, -0.1) is 21.8 Å². The number of nitrogens with zero attached hydrogens (tertiary/aromatic N) is 3. The minimum Gasteiger partial charge on any atom is -0.308 e. The van der Waals surface area contributed by atoms with Gasteiger partial charge in [-0.1, -0.05) is 18.2 Å². The highest BCUT2D eigenvalue weighted by Gasteiger charge is 2.22. The Morgan fingerprint density at radius 2 is 1.70 bits per heavy atom. The van der Waals surface area contributed by atoms with Crippen molar-refractivity contribution >= 4 is 11.6 Å². The highest BCUT2D eigenvalue weighted by molar-refractivity contribution is 6.16. The van der Waals surface area contributed by atoms with Crippen LogP contribution in [0.3, 0.4) is 0 Å². The first-order chi connectivity index (χ1) is 9.32. The fourth-order valence-electron chi connectivity index (χ4n) is 2.43. The molecule has 1 aromatic carbocycles. The summed E-state index contributed by atoms with van der Waals surface area (Å²) in [5, 5.41) is 8.55. The van der Waals surface area contributed by atoms with Gasteiger partial charge >= 0.3 is 0 Å². The summed E-state index contributed by atoms with van der Waals surface area (Å²) >= 11 is 5.98. The average molecular weight is 292 g/mol. The minimum absolute atomic E-state index is 0.0667. The maximum Gasteiger partial charge on any atom is 0.148 e. The van der Waals surface area contributed by atoms with E-state index >= 15 is 0 Å². The van der Waals surface area contributed by atoms with Crippen molar-refractivity contribution in [3.05, 3.63) is 46.5 Å². The lowest BCUT2D eigenvalue weighted by molar-refractivity contribution is 0.375. The van der Waals surface area contributed by atoms with Crippen LogP contribution in [-0.4, -0.2) is 14.8 Å². The van der Waals surface area contributed by atoms with E-state index < -0.39 is 0 Å². The average Bonchev–Trinajstić information content (AvgIpc) is 2.76. The summed E-state index contributed by atoms with van der Waals surface area (Å²) in [6.45, 7) is 10.7. The van der Waals surface area contributed by atoms with Crippen molar-refractivity contribution in [3.8, 4) is 0 Å². The van der Waals surface area contributed by atoms with Crippen molar-refractivity contribution in [1.82, 2.24) is 14.8 Å². The number of alkyl halides is 1. The number of aryl methyl sites for hydroxylation is 2. The highest BCUT2D eigenvalue weighted by Crippen LogP contribution is 2.22. The summed E-state index contributed by atoms with van der Waals surface area (Å²) in [4.78, 5) is 0. The van der Waals surface area contributed by atoms with Gasteiger partial charge in [0.25, 0.3) is 0 Å². The fraction of sp³-hybridized carbons (Fsp3) is 0.500. The van der Waals surface area contributed by atoms with Crippen LogP contribution in [0.4, 0.5) is 0 Å². The molecule has 0 aliphatic rings. The predicted octanol–water partition coefficient (Wildman–Crippen LogP) is 3.98. The second-order valence-corrected chi connectivity index (χ2v) is 6.53. The lowest BCUT2D eigenvalue weighted by atomic mass is 10.0. The normalized spacial score (nSPS) is 11.9. The molecule has 1 heterocycles. The fourth-order valence-corrected chi connectivity index (χ4v) is 2.60. The van der Waals surface area contributed by atoms with E-state index in [0.717, 1.165) is 18.1 Å². The van der Waals surface area contributed by atoms with E-state index in [2.05, 4.69) is 67.6 Å². The Morgan fingerprint density at radius 1 is 1.05 bits per heavy atom. The van der Waals surface area contributed by atoms with Gasteiger partial charge in [-0.05, 0) is 51.3 Å². The van der Waals surface area contributed by atoms with Gasteiger partial charge in [0.2, 0.25) is 0 Å². The molecule has 2 aromatic rings. The Labute approximate surface area is 126 Å². The largest absolute Gasteiger partial charge is 0.308 e. The van der Waals surface area contributed by atoms with Gasteiger partial charge in [-0.3, -0.25) is 0 Å². The van der Waals surface area contributed by atoms with E-state index in [0.29, 0.717) is 5.88 Å². The van der Waals surface area contributed by atoms with Crippen LogP contribution in [0, 0.1) is 13.8 Å².